The molecule has 0 aliphatic heterocycles. The number of aryl methyl sites for hydroxylation is 1. The zero-order valence-corrected chi connectivity index (χ0v) is 10.1. The van der Waals surface area contributed by atoms with Gasteiger partial charge in [0.05, 0.1) is 16.8 Å². The average Bonchev–Trinajstić information content (AvgIpc) is 2.83. The van der Waals surface area contributed by atoms with Crippen molar-refractivity contribution in [1.82, 2.24) is 10.3 Å². The zero-order valence-electron chi connectivity index (χ0n) is 9.32. The van der Waals surface area contributed by atoms with Gasteiger partial charge in [-0.1, -0.05) is 0 Å². The average molecular weight is 226 g/mol. The third kappa shape index (κ3) is 2.77. The minimum Gasteiger partial charge on any atom is -0.380 e. The molecule has 1 saturated carbocycles. The van der Waals surface area contributed by atoms with E-state index in [-0.39, 0.29) is 0 Å². The Morgan fingerprint density at radius 3 is 3.13 bits per heavy atom. The Morgan fingerprint density at radius 1 is 1.60 bits per heavy atom. The molecule has 0 saturated heterocycles. The Balaban J connectivity index is 1.82. The molecular weight excluding hydrogens is 208 g/mol. The van der Waals surface area contributed by atoms with E-state index < -0.39 is 0 Å². The van der Waals surface area contributed by atoms with Crippen LogP contribution in [0.5, 0.6) is 0 Å². The molecule has 1 N–H and O–H groups in total. The first-order valence-corrected chi connectivity index (χ1v) is 6.34. The van der Waals surface area contributed by atoms with Crippen molar-refractivity contribution in [3.63, 3.8) is 0 Å². The van der Waals surface area contributed by atoms with Gasteiger partial charge in [0, 0.05) is 25.1 Å². The maximum atomic E-state index is 5.44. The standard InChI is InChI=1S/C11H18N2OS/c1-8-13-9(7-15-8)6-12-10-4-3-5-11(10)14-2/h7,10-12H,3-6H2,1-2H3. The molecule has 1 aliphatic carbocycles. The molecule has 1 aromatic heterocycles. The van der Waals surface area contributed by atoms with Gasteiger partial charge in [-0.05, 0) is 26.2 Å². The van der Waals surface area contributed by atoms with E-state index in [0.717, 1.165) is 17.2 Å². The summed E-state index contributed by atoms with van der Waals surface area (Å²) in [6.45, 7) is 2.91. The molecule has 1 aliphatic rings. The SMILES string of the molecule is COC1CCCC1NCc1csc(C)n1. The second-order valence-corrected chi connectivity index (χ2v) is 5.11. The van der Waals surface area contributed by atoms with Crippen molar-refractivity contribution >= 4 is 11.3 Å². The maximum Gasteiger partial charge on any atom is 0.0897 e. The van der Waals surface area contributed by atoms with Crippen molar-refractivity contribution < 1.29 is 4.74 Å². The first-order chi connectivity index (χ1) is 7.29. The molecule has 15 heavy (non-hydrogen) atoms. The summed E-state index contributed by atoms with van der Waals surface area (Å²) in [4.78, 5) is 4.44. The topological polar surface area (TPSA) is 34.1 Å². The summed E-state index contributed by atoms with van der Waals surface area (Å²) in [6.07, 6.45) is 4.07. The molecule has 1 fully saturated rings. The number of hydrogen-bond donors (Lipinski definition) is 1. The minimum absolute atomic E-state index is 0.393. The third-order valence-electron chi connectivity index (χ3n) is 2.97. The van der Waals surface area contributed by atoms with Gasteiger partial charge >= 0.3 is 0 Å². The number of nitrogens with zero attached hydrogens (tertiary/aromatic N) is 1. The molecule has 2 atom stereocenters. The summed E-state index contributed by atoms with van der Waals surface area (Å²) < 4.78 is 5.44. The second-order valence-electron chi connectivity index (χ2n) is 4.05. The first-order valence-electron chi connectivity index (χ1n) is 5.47. The van der Waals surface area contributed by atoms with Crippen molar-refractivity contribution in [1.29, 1.82) is 0 Å². The molecular formula is C11H18N2OS. The molecule has 0 amide bonds. The van der Waals surface area contributed by atoms with Gasteiger partial charge in [-0.25, -0.2) is 4.98 Å². The van der Waals surface area contributed by atoms with Gasteiger partial charge in [0.2, 0.25) is 0 Å². The number of thiazole rings is 1. The monoisotopic (exact) mass is 226 g/mol. The molecule has 84 valence electrons. The van der Waals surface area contributed by atoms with Gasteiger partial charge in [0.25, 0.3) is 0 Å². The number of nitrogens with one attached hydrogen (secondary N) is 1. The van der Waals surface area contributed by atoms with E-state index in [0.29, 0.717) is 12.1 Å². The highest BCUT2D eigenvalue weighted by atomic mass is 32.1. The quantitative estimate of drug-likeness (QED) is 0.854. The molecule has 0 spiro atoms. The molecule has 1 aromatic rings. The number of methoxy groups -OCH3 is 1. The lowest BCUT2D eigenvalue weighted by atomic mass is 10.2. The zero-order chi connectivity index (χ0) is 10.7. The fourth-order valence-electron chi connectivity index (χ4n) is 2.17. The van der Waals surface area contributed by atoms with Gasteiger partial charge < -0.3 is 10.1 Å². The van der Waals surface area contributed by atoms with Crippen molar-refractivity contribution in [3.8, 4) is 0 Å². The predicted molar refractivity (Wildman–Crippen MR) is 62.1 cm³/mol. The van der Waals surface area contributed by atoms with E-state index in [9.17, 15) is 0 Å². The largest absolute Gasteiger partial charge is 0.380 e. The van der Waals surface area contributed by atoms with Crippen LogP contribution in [0.4, 0.5) is 0 Å². The summed E-state index contributed by atoms with van der Waals surface area (Å²) in [5, 5.41) is 6.80. The van der Waals surface area contributed by atoms with Crippen LogP contribution in [0.3, 0.4) is 0 Å². The van der Waals surface area contributed by atoms with Crippen LogP contribution in [0.25, 0.3) is 0 Å². The van der Waals surface area contributed by atoms with E-state index in [4.69, 9.17) is 4.74 Å². The van der Waals surface area contributed by atoms with Crippen LogP contribution in [0.15, 0.2) is 5.38 Å². The molecule has 0 bridgehead atoms. The second kappa shape index (κ2) is 5.05. The molecule has 0 aromatic carbocycles. The van der Waals surface area contributed by atoms with Crippen LogP contribution in [-0.4, -0.2) is 24.2 Å². The normalized spacial score (nSPS) is 26.0. The first kappa shape index (κ1) is 11.0. The Bertz CT molecular complexity index is 313. The third-order valence-corrected chi connectivity index (χ3v) is 3.79. The Labute approximate surface area is 94.9 Å². The van der Waals surface area contributed by atoms with Crippen LogP contribution in [0.1, 0.15) is 30.0 Å². The highest BCUT2D eigenvalue weighted by Crippen LogP contribution is 2.21. The van der Waals surface area contributed by atoms with E-state index in [1.54, 1.807) is 18.4 Å². The minimum atomic E-state index is 0.393. The summed E-state index contributed by atoms with van der Waals surface area (Å²) >= 11 is 1.71. The van der Waals surface area contributed by atoms with Gasteiger partial charge in [-0.2, -0.15) is 0 Å². The van der Waals surface area contributed by atoms with Crippen LogP contribution in [0.2, 0.25) is 0 Å². The lowest BCUT2D eigenvalue weighted by Crippen LogP contribution is -2.36. The maximum absolute atomic E-state index is 5.44. The number of aromatic nitrogens is 1. The lowest BCUT2D eigenvalue weighted by molar-refractivity contribution is 0.0846. The van der Waals surface area contributed by atoms with Gasteiger partial charge in [-0.3, -0.25) is 0 Å². The summed E-state index contributed by atoms with van der Waals surface area (Å²) in [6, 6.07) is 0.511. The number of rotatable bonds is 4. The van der Waals surface area contributed by atoms with Crippen LogP contribution in [-0.2, 0) is 11.3 Å². The van der Waals surface area contributed by atoms with Gasteiger partial charge in [0.1, 0.15) is 0 Å². The Morgan fingerprint density at radius 2 is 2.47 bits per heavy atom. The van der Waals surface area contributed by atoms with Crippen molar-refractivity contribution in [2.75, 3.05) is 7.11 Å². The van der Waals surface area contributed by atoms with Crippen molar-refractivity contribution in [2.24, 2.45) is 0 Å². The highest BCUT2D eigenvalue weighted by Gasteiger charge is 2.26. The molecule has 3 nitrogen and oxygen atoms in total. The molecule has 4 heteroatoms. The van der Waals surface area contributed by atoms with Crippen LogP contribution >= 0.6 is 11.3 Å². The lowest BCUT2D eigenvalue weighted by Gasteiger charge is -2.18. The van der Waals surface area contributed by atoms with E-state index >= 15 is 0 Å². The molecule has 0 radical (unpaired) electrons. The summed E-state index contributed by atoms with van der Waals surface area (Å²) in [5.41, 5.74) is 1.15. The van der Waals surface area contributed by atoms with Crippen LogP contribution < -0.4 is 5.32 Å². The van der Waals surface area contributed by atoms with E-state index in [2.05, 4.69) is 15.7 Å². The van der Waals surface area contributed by atoms with Crippen LogP contribution in [0, 0.1) is 6.92 Å². The molecule has 1 heterocycles. The number of hydrogen-bond acceptors (Lipinski definition) is 4. The van der Waals surface area contributed by atoms with Crippen molar-refractivity contribution in [3.05, 3.63) is 16.1 Å². The smallest absolute Gasteiger partial charge is 0.0897 e. The van der Waals surface area contributed by atoms with E-state index in [1.807, 2.05) is 6.92 Å². The Hall–Kier alpha value is -0.450. The molecule has 2 unspecified atom stereocenters. The Kier molecular flexibility index (Phi) is 3.72. The summed E-state index contributed by atoms with van der Waals surface area (Å²) in [7, 11) is 1.80. The molecule has 2 rings (SSSR count). The summed E-state index contributed by atoms with van der Waals surface area (Å²) in [5.74, 6) is 0. The fourth-order valence-corrected chi connectivity index (χ4v) is 2.78. The van der Waals surface area contributed by atoms with Gasteiger partial charge in [-0.15, -0.1) is 11.3 Å². The highest BCUT2D eigenvalue weighted by molar-refractivity contribution is 7.09. The fraction of sp³-hybridized carbons (Fsp3) is 0.727. The predicted octanol–water partition coefficient (Wildman–Crippen LogP) is 2.11. The van der Waals surface area contributed by atoms with Crippen molar-refractivity contribution in [2.45, 2.75) is 44.9 Å². The van der Waals surface area contributed by atoms with E-state index in [1.165, 1.54) is 19.3 Å². The number of ether oxygens (including phenoxy) is 1. The van der Waals surface area contributed by atoms with Gasteiger partial charge in [0.15, 0.2) is 0 Å².